The van der Waals surface area contributed by atoms with Gasteiger partial charge in [-0.1, -0.05) is 48.9 Å². The zero-order valence-electron chi connectivity index (χ0n) is 18.5. The summed E-state index contributed by atoms with van der Waals surface area (Å²) in [5.41, 5.74) is 1.43. The molecule has 4 rings (SSSR count). The highest BCUT2D eigenvalue weighted by molar-refractivity contribution is 6.14. The predicted molar refractivity (Wildman–Crippen MR) is 123 cm³/mol. The largest absolute Gasteiger partial charge is 0.503 e. The van der Waals surface area contributed by atoms with Crippen molar-refractivity contribution in [1.29, 1.82) is 0 Å². The van der Waals surface area contributed by atoms with Crippen LogP contribution in [-0.2, 0) is 14.4 Å². The Kier molecular flexibility index (Phi) is 6.96. The molecule has 0 aliphatic carbocycles. The molecule has 2 aromatic rings. The van der Waals surface area contributed by atoms with E-state index in [2.05, 4.69) is 0 Å². The lowest BCUT2D eigenvalue weighted by molar-refractivity contribution is -0.137. The first kappa shape index (κ1) is 23.1. The smallest absolute Gasteiger partial charge is 0.303 e. The maximum Gasteiger partial charge on any atom is 0.303 e. The SMILES string of the molecule is O=C(O)CCCCCN1C(=O)C(O)=C(C(=O)C=Cc2ccccc2)C1c1ccc2c(c1)OCO2. The Hall–Kier alpha value is -4.07. The number of hydrogen-bond donors (Lipinski definition) is 2. The third-order valence-electron chi connectivity index (χ3n) is 5.80. The van der Waals surface area contributed by atoms with Crippen LogP contribution in [0.25, 0.3) is 6.08 Å². The number of carboxylic acids is 1. The van der Waals surface area contributed by atoms with Gasteiger partial charge in [-0.25, -0.2) is 0 Å². The molecule has 0 saturated carbocycles. The number of carboxylic acid groups (broad SMARTS) is 1. The van der Waals surface area contributed by atoms with Crippen molar-refractivity contribution in [2.75, 3.05) is 13.3 Å². The molecule has 2 heterocycles. The molecule has 1 atom stereocenters. The fourth-order valence-corrected chi connectivity index (χ4v) is 4.13. The molecule has 1 amide bonds. The topological polar surface area (TPSA) is 113 Å². The van der Waals surface area contributed by atoms with Crippen LogP contribution in [0.1, 0.15) is 42.9 Å². The number of carbonyl (C=O) groups excluding carboxylic acids is 2. The molecule has 0 fully saturated rings. The molecule has 34 heavy (non-hydrogen) atoms. The van der Waals surface area contributed by atoms with E-state index in [0.29, 0.717) is 36.3 Å². The van der Waals surface area contributed by atoms with E-state index in [4.69, 9.17) is 14.6 Å². The Morgan fingerprint density at radius 3 is 2.56 bits per heavy atom. The van der Waals surface area contributed by atoms with Crippen LogP contribution < -0.4 is 9.47 Å². The van der Waals surface area contributed by atoms with Gasteiger partial charge in [0.2, 0.25) is 6.79 Å². The van der Waals surface area contributed by atoms with Crippen molar-refractivity contribution in [1.82, 2.24) is 4.90 Å². The second kappa shape index (κ2) is 10.2. The van der Waals surface area contributed by atoms with Crippen LogP contribution in [0.3, 0.4) is 0 Å². The monoisotopic (exact) mass is 463 g/mol. The summed E-state index contributed by atoms with van der Waals surface area (Å²) >= 11 is 0. The van der Waals surface area contributed by atoms with Crippen LogP contribution in [0.5, 0.6) is 11.5 Å². The number of ketones is 1. The van der Waals surface area contributed by atoms with Crippen LogP contribution in [0, 0.1) is 0 Å². The molecule has 2 aliphatic rings. The van der Waals surface area contributed by atoms with Crippen LogP contribution >= 0.6 is 0 Å². The fraction of sp³-hybridized carbons (Fsp3) is 0.269. The quantitative estimate of drug-likeness (QED) is 0.404. The lowest BCUT2D eigenvalue weighted by atomic mass is 9.95. The molecular weight excluding hydrogens is 438 g/mol. The number of ether oxygens (including phenoxy) is 2. The predicted octanol–water partition coefficient (Wildman–Crippen LogP) is 4.04. The van der Waals surface area contributed by atoms with Crippen molar-refractivity contribution in [2.24, 2.45) is 0 Å². The van der Waals surface area contributed by atoms with Gasteiger partial charge in [0.25, 0.3) is 5.91 Å². The standard InChI is InChI=1S/C26H25NO7/c28-19(12-10-17-7-3-1-4-8-17)23-24(18-11-13-20-21(15-18)34-16-33-20)27(26(32)25(23)31)14-6-2-5-9-22(29)30/h1,3-4,7-8,10-13,15,24,31H,2,5-6,9,14,16H2,(H,29,30). The van der Waals surface area contributed by atoms with Gasteiger partial charge in [-0.2, -0.15) is 0 Å². The van der Waals surface area contributed by atoms with Gasteiger partial charge < -0.3 is 24.6 Å². The fourth-order valence-electron chi connectivity index (χ4n) is 4.13. The first-order valence-electron chi connectivity index (χ1n) is 11.1. The van der Waals surface area contributed by atoms with Crippen molar-refractivity contribution in [3.05, 3.63) is 77.1 Å². The van der Waals surface area contributed by atoms with E-state index in [0.717, 1.165) is 5.56 Å². The summed E-state index contributed by atoms with van der Waals surface area (Å²) in [6, 6.07) is 13.6. The molecule has 2 N–H and O–H groups in total. The zero-order valence-corrected chi connectivity index (χ0v) is 18.5. The summed E-state index contributed by atoms with van der Waals surface area (Å²) in [4.78, 5) is 38.4. The second-order valence-corrected chi connectivity index (χ2v) is 8.09. The van der Waals surface area contributed by atoms with Crippen molar-refractivity contribution in [3.8, 4) is 11.5 Å². The lowest BCUT2D eigenvalue weighted by Gasteiger charge is -2.26. The number of allylic oxidation sites excluding steroid dienone is 1. The van der Waals surface area contributed by atoms with Gasteiger partial charge in [0.05, 0.1) is 11.6 Å². The van der Waals surface area contributed by atoms with E-state index in [1.165, 1.54) is 11.0 Å². The summed E-state index contributed by atoms with van der Waals surface area (Å²) in [7, 11) is 0. The molecule has 0 aromatic heterocycles. The normalized spacial score (nSPS) is 17.1. The zero-order chi connectivity index (χ0) is 24.1. The van der Waals surface area contributed by atoms with Crippen molar-refractivity contribution in [3.63, 3.8) is 0 Å². The number of unbranched alkanes of at least 4 members (excludes halogenated alkanes) is 2. The van der Waals surface area contributed by atoms with Crippen molar-refractivity contribution < 1.29 is 34.1 Å². The number of benzene rings is 2. The van der Waals surface area contributed by atoms with E-state index in [1.54, 1.807) is 24.3 Å². The Bertz CT molecular complexity index is 1150. The third-order valence-corrected chi connectivity index (χ3v) is 5.80. The summed E-state index contributed by atoms with van der Waals surface area (Å²) in [6.07, 6.45) is 4.66. The third kappa shape index (κ3) is 4.96. The summed E-state index contributed by atoms with van der Waals surface area (Å²) in [5.74, 6) is -1.46. The molecule has 8 heteroatoms. The first-order valence-corrected chi connectivity index (χ1v) is 11.1. The van der Waals surface area contributed by atoms with Crippen LogP contribution in [0.15, 0.2) is 65.9 Å². The Morgan fingerprint density at radius 2 is 1.79 bits per heavy atom. The average molecular weight is 463 g/mol. The van der Waals surface area contributed by atoms with E-state index in [1.807, 2.05) is 30.3 Å². The van der Waals surface area contributed by atoms with Crippen LogP contribution in [0.4, 0.5) is 0 Å². The van der Waals surface area contributed by atoms with Crippen molar-refractivity contribution >= 4 is 23.7 Å². The number of hydrogen-bond acceptors (Lipinski definition) is 6. The summed E-state index contributed by atoms with van der Waals surface area (Å²) in [5, 5.41) is 19.5. The van der Waals surface area contributed by atoms with Gasteiger partial charge in [0, 0.05) is 13.0 Å². The molecule has 1 unspecified atom stereocenters. The number of rotatable bonds is 10. The van der Waals surface area contributed by atoms with E-state index < -0.39 is 29.5 Å². The summed E-state index contributed by atoms with van der Waals surface area (Å²) < 4.78 is 10.8. The number of amides is 1. The first-order chi connectivity index (χ1) is 16.5. The van der Waals surface area contributed by atoms with Crippen LogP contribution in [-0.4, -0.2) is 46.1 Å². The number of aliphatic hydroxyl groups excluding tert-OH is 1. The van der Waals surface area contributed by atoms with E-state index in [-0.39, 0.29) is 25.3 Å². The minimum Gasteiger partial charge on any atom is -0.503 e. The minimum absolute atomic E-state index is 0.00147. The molecule has 176 valence electrons. The number of aliphatic carboxylic acids is 1. The lowest BCUT2D eigenvalue weighted by Crippen LogP contribution is -2.32. The molecule has 8 nitrogen and oxygen atoms in total. The number of nitrogens with zero attached hydrogens (tertiary/aromatic N) is 1. The van der Waals surface area contributed by atoms with E-state index in [9.17, 15) is 19.5 Å². The maximum atomic E-state index is 13.2. The van der Waals surface area contributed by atoms with Gasteiger partial charge in [-0.3, -0.25) is 14.4 Å². The highest BCUT2D eigenvalue weighted by Gasteiger charge is 2.43. The second-order valence-electron chi connectivity index (χ2n) is 8.09. The molecule has 0 radical (unpaired) electrons. The average Bonchev–Trinajstić information content (AvgIpc) is 3.40. The molecule has 2 aliphatic heterocycles. The maximum absolute atomic E-state index is 13.2. The van der Waals surface area contributed by atoms with Gasteiger partial charge in [-0.05, 0) is 42.2 Å². The Labute approximate surface area is 196 Å². The number of fused-ring (bicyclic) bond motifs is 1. The van der Waals surface area contributed by atoms with Gasteiger partial charge >= 0.3 is 5.97 Å². The Balaban J connectivity index is 1.61. The number of aliphatic hydroxyl groups is 1. The Morgan fingerprint density at radius 1 is 1.03 bits per heavy atom. The molecule has 0 bridgehead atoms. The van der Waals surface area contributed by atoms with Gasteiger partial charge in [0.1, 0.15) is 0 Å². The van der Waals surface area contributed by atoms with E-state index >= 15 is 0 Å². The van der Waals surface area contributed by atoms with Gasteiger partial charge in [0.15, 0.2) is 23.0 Å². The summed E-state index contributed by atoms with van der Waals surface area (Å²) in [6.45, 7) is 0.350. The molecule has 0 saturated heterocycles. The van der Waals surface area contributed by atoms with Crippen LogP contribution in [0.2, 0.25) is 0 Å². The minimum atomic E-state index is -0.868. The van der Waals surface area contributed by atoms with Gasteiger partial charge in [-0.15, -0.1) is 0 Å². The molecule has 0 spiro atoms. The highest BCUT2D eigenvalue weighted by atomic mass is 16.7. The number of carbonyl (C=O) groups is 3. The molecular formula is C26H25NO7. The van der Waals surface area contributed by atoms with Crippen molar-refractivity contribution in [2.45, 2.75) is 31.7 Å². The molecule has 2 aromatic carbocycles. The highest BCUT2D eigenvalue weighted by Crippen LogP contribution is 2.42.